The molecule has 6 nitrogen and oxygen atoms in total. The number of aryl methyl sites for hydroxylation is 1. The number of nitrogens with zero attached hydrogens (tertiary/aromatic N) is 2. The molecule has 3 rings (SSSR count). The lowest BCUT2D eigenvalue weighted by Crippen LogP contribution is -2.32. The summed E-state index contributed by atoms with van der Waals surface area (Å²) < 4.78 is 24.9. The number of hydrogen-bond donors (Lipinski definition) is 1. The average Bonchev–Trinajstić information content (AvgIpc) is 3.22. The van der Waals surface area contributed by atoms with Gasteiger partial charge in [-0.25, -0.2) is 9.37 Å². The summed E-state index contributed by atoms with van der Waals surface area (Å²) in [5, 5.41) is 2.87. The van der Waals surface area contributed by atoms with Crippen molar-refractivity contribution >= 4 is 5.91 Å². The molecule has 7 heteroatoms. The maximum atomic E-state index is 14.2. The molecule has 0 unspecified atom stereocenters. The molecule has 0 aliphatic carbocycles. The Hall–Kier alpha value is -2.41. The number of halogens is 1. The molecule has 2 aromatic rings. The van der Waals surface area contributed by atoms with Crippen LogP contribution in [0.2, 0.25) is 0 Å². The Morgan fingerprint density at radius 1 is 1.50 bits per heavy atom. The van der Waals surface area contributed by atoms with Crippen LogP contribution >= 0.6 is 0 Å². The Balaban J connectivity index is 1.70. The van der Waals surface area contributed by atoms with Crippen LogP contribution in [0.5, 0.6) is 5.75 Å². The summed E-state index contributed by atoms with van der Waals surface area (Å²) in [5.74, 6) is 1.06. The van der Waals surface area contributed by atoms with E-state index in [4.69, 9.17) is 9.15 Å². The quantitative estimate of drug-likeness (QED) is 0.857. The van der Waals surface area contributed by atoms with Gasteiger partial charge in [-0.1, -0.05) is 0 Å². The van der Waals surface area contributed by atoms with Gasteiger partial charge in [0.1, 0.15) is 17.3 Å². The molecule has 0 saturated carbocycles. The van der Waals surface area contributed by atoms with E-state index in [1.165, 1.54) is 13.2 Å². The fourth-order valence-electron chi connectivity index (χ4n) is 3.21. The summed E-state index contributed by atoms with van der Waals surface area (Å²) in [7, 11) is 1.49. The molecule has 140 valence electrons. The molecule has 1 aromatic heterocycles. The van der Waals surface area contributed by atoms with E-state index in [0.29, 0.717) is 36.7 Å². The van der Waals surface area contributed by atoms with Crippen molar-refractivity contribution in [3.63, 3.8) is 0 Å². The highest BCUT2D eigenvalue weighted by Gasteiger charge is 2.29. The van der Waals surface area contributed by atoms with E-state index in [-0.39, 0.29) is 17.7 Å². The van der Waals surface area contributed by atoms with Crippen LogP contribution in [0.1, 0.15) is 24.8 Å². The minimum Gasteiger partial charge on any atom is -0.497 e. The summed E-state index contributed by atoms with van der Waals surface area (Å²) >= 11 is 0. The smallest absolute Gasteiger partial charge is 0.229 e. The van der Waals surface area contributed by atoms with Crippen molar-refractivity contribution in [2.24, 2.45) is 5.92 Å². The van der Waals surface area contributed by atoms with Crippen LogP contribution in [0.25, 0.3) is 11.5 Å². The fourth-order valence-corrected chi connectivity index (χ4v) is 3.21. The maximum Gasteiger partial charge on any atom is 0.229 e. The molecular formula is C19H24FN3O3. The zero-order valence-electron chi connectivity index (χ0n) is 15.3. The SMILES string of the molecule is CCNC(=O)[C@@H]1CCN(Cc2nc(-c3ccc(OC)cc3F)oc2C)C1. The highest BCUT2D eigenvalue weighted by Crippen LogP contribution is 2.28. The Morgan fingerprint density at radius 3 is 3.00 bits per heavy atom. The number of methoxy groups -OCH3 is 1. The molecule has 1 fully saturated rings. The Bertz CT molecular complexity index is 790. The molecule has 1 aliphatic rings. The van der Waals surface area contributed by atoms with Gasteiger partial charge in [0.2, 0.25) is 11.8 Å². The number of amides is 1. The summed E-state index contributed by atoms with van der Waals surface area (Å²) in [6.45, 7) is 6.51. The molecule has 2 heterocycles. The van der Waals surface area contributed by atoms with E-state index in [0.717, 1.165) is 18.7 Å². The second kappa shape index (κ2) is 7.86. The first-order valence-electron chi connectivity index (χ1n) is 8.82. The Labute approximate surface area is 152 Å². The number of aromatic nitrogens is 1. The third-order valence-electron chi connectivity index (χ3n) is 4.67. The van der Waals surface area contributed by atoms with Crippen LogP contribution in [0, 0.1) is 18.7 Å². The zero-order valence-corrected chi connectivity index (χ0v) is 15.3. The summed E-state index contributed by atoms with van der Waals surface area (Å²) in [5.41, 5.74) is 1.08. The number of benzene rings is 1. The van der Waals surface area contributed by atoms with Gasteiger partial charge in [0.15, 0.2) is 0 Å². The van der Waals surface area contributed by atoms with Gasteiger partial charge in [-0.15, -0.1) is 0 Å². The first-order chi connectivity index (χ1) is 12.5. The van der Waals surface area contributed by atoms with E-state index < -0.39 is 5.82 Å². The van der Waals surface area contributed by atoms with Crippen molar-refractivity contribution < 1.29 is 18.3 Å². The van der Waals surface area contributed by atoms with E-state index >= 15 is 0 Å². The highest BCUT2D eigenvalue weighted by molar-refractivity contribution is 5.79. The highest BCUT2D eigenvalue weighted by atomic mass is 19.1. The molecule has 1 saturated heterocycles. The third kappa shape index (κ3) is 3.88. The second-order valence-corrected chi connectivity index (χ2v) is 6.48. The minimum atomic E-state index is -0.436. The molecule has 1 N–H and O–H groups in total. The number of oxazole rings is 1. The van der Waals surface area contributed by atoms with Crippen molar-refractivity contribution in [3.05, 3.63) is 35.5 Å². The normalized spacial score (nSPS) is 17.5. The zero-order chi connectivity index (χ0) is 18.7. The first kappa shape index (κ1) is 18.4. The summed E-state index contributed by atoms with van der Waals surface area (Å²) in [6.07, 6.45) is 0.836. The number of ether oxygens (including phenoxy) is 1. The van der Waals surface area contributed by atoms with Crippen molar-refractivity contribution in [2.75, 3.05) is 26.7 Å². The van der Waals surface area contributed by atoms with Crippen LogP contribution in [0.3, 0.4) is 0 Å². The summed E-state index contributed by atoms with van der Waals surface area (Å²) in [4.78, 5) is 18.6. The van der Waals surface area contributed by atoms with Gasteiger partial charge in [0, 0.05) is 25.7 Å². The second-order valence-electron chi connectivity index (χ2n) is 6.48. The van der Waals surface area contributed by atoms with Gasteiger partial charge < -0.3 is 14.5 Å². The number of carbonyl (C=O) groups is 1. The molecule has 1 aromatic carbocycles. The number of hydrogen-bond acceptors (Lipinski definition) is 5. The van der Waals surface area contributed by atoms with E-state index in [2.05, 4.69) is 15.2 Å². The Morgan fingerprint density at radius 2 is 2.31 bits per heavy atom. The van der Waals surface area contributed by atoms with Crippen molar-refractivity contribution in [2.45, 2.75) is 26.8 Å². The van der Waals surface area contributed by atoms with Gasteiger partial charge in [0.05, 0.1) is 24.3 Å². The Kier molecular flexibility index (Phi) is 5.56. The lowest BCUT2D eigenvalue weighted by atomic mass is 10.1. The van der Waals surface area contributed by atoms with Crippen LogP contribution in [-0.4, -0.2) is 42.5 Å². The lowest BCUT2D eigenvalue weighted by Gasteiger charge is -2.14. The third-order valence-corrected chi connectivity index (χ3v) is 4.67. The maximum absolute atomic E-state index is 14.2. The fraction of sp³-hybridized carbons (Fsp3) is 0.474. The summed E-state index contributed by atoms with van der Waals surface area (Å²) in [6, 6.07) is 4.59. The monoisotopic (exact) mass is 361 g/mol. The number of rotatable bonds is 6. The molecule has 1 aliphatic heterocycles. The van der Waals surface area contributed by atoms with Gasteiger partial charge in [-0.2, -0.15) is 0 Å². The predicted octanol–water partition coefficient (Wildman–Crippen LogP) is 2.76. The molecule has 26 heavy (non-hydrogen) atoms. The average molecular weight is 361 g/mol. The largest absolute Gasteiger partial charge is 0.497 e. The van der Waals surface area contributed by atoms with Gasteiger partial charge in [-0.05, 0) is 38.9 Å². The number of carbonyl (C=O) groups excluding carboxylic acids is 1. The molecule has 0 radical (unpaired) electrons. The van der Waals surface area contributed by atoms with Gasteiger partial charge >= 0.3 is 0 Å². The molecular weight excluding hydrogens is 337 g/mol. The standard InChI is InChI=1S/C19H24FN3O3/c1-4-21-18(24)13-7-8-23(10-13)11-17-12(2)26-19(22-17)15-6-5-14(25-3)9-16(15)20/h5-6,9,13H,4,7-8,10-11H2,1-3H3,(H,21,24)/t13-/m1/s1. The van der Waals surface area contributed by atoms with Gasteiger partial charge in [0.25, 0.3) is 0 Å². The molecule has 1 atom stereocenters. The molecule has 0 spiro atoms. The number of likely N-dealkylation sites (tertiary alicyclic amines) is 1. The van der Waals surface area contributed by atoms with Crippen molar-refractivity contribution in [1.29, 1.82) is 0 Å². The topological polar surface area (TPSA) is 67.6 Å². The molecule has 1 amide bonds. The van der Waals surface area contributed by atoms with Crippen LogP contribution in [-0.2, 0) is 11.3 Å². The lowest BCUT2D eigenvalue weighted by molar-refractivity contribution is -0.124. The first-order valence-corrected chi connectivity index (χ1v) is 8.82. The molecule has 0 bridgehead atoms. The van der Waals surface area contributed by atoms with Crippen molar-refractivity contribution in [3.8, 4) is 17.2 Å². The van der Waals surface area contributed by atoms with Crippen LogP contribution in [0.15, 0.2) is 22.6 Å². The van der Waals surface area contributed by atoms with Crippen molar-refractivity contribution in [1.82, 2.24) is 15.2 Å². The predicted molar refractivity (Wildman–Crippen MR) is 95.3 cm³/mol. The van der Waals surface area contributed by atoms with Crippen LogP contribution in [0.4, 0.5) is 4.39 Å². The van der Waals surface area contributed by atoms with E-state index in [9.17, 15) is 9.18 Å². The minimum absolute atomic E-state index is 0.0145. The van der Waals surface area contributed by atoms with Gasteiger partial charge in [-0.3, -0.25) is 9.69 Å². The number of nitrogens with one attached hydrogen (secondary N) is 1. The van der Waals surface area contributed by atoms with Crippen LogP contribution < -0.4 is 10.1 Å². The van der Waals surface area contributed by atoms with E-state index in [1.807, 2.05) is 13.8 Å². The van der Waals surface area contributed by atoms with E-state index in [1.54, 1.807) is 12.1 Å².